The molecule has 2 aromatic carbocycles. The van der Waals surface area contributed by atoms with Crippen LogP contribution in [0.5, 0.6) is 0 Å². The van der Waals surface area contributed by atoms with Crippen LogP contribution in [-0.4, -0.2) is 31.8 Å². The highest BCUT2D eigenvalue weighted by Crippen LogP contribution is 2.21. The van der Waals surface area contributed by atoms with Crippen LogP contribution in [0.25, 0.3) is 11.1 Å². The van der Waals surface area contributed by atoms with E-state index in [-0.39, 0.29) is 5.60 Å². The maximum Gasteiger partial charge on any atom is 0.0902 e. The molecule has 0 aromatic heterocycles. The van der Waals surface area contributed by atoms with E-state index in [0.717, 1.165) is 31.9 Å². The first-order valence-corrected chi connectivity index (χ1v) is 7.49. The molecular formula is C18H22N2O. The van der Waals surface area contributed by atoms with Crippen molar-refractivity contribution in [2.24, 2.45) is 0 Å². The standard InChI is InChI=1S/C18H22N2O/c1-18(13-19-14-18)21-12-11-20-17-9-7-16(8-10-17)15-5-3-2-4-6-15/h2-10,19-20H,11-14H2,1H3. The highest BCUT2D eigenvalue weighted by atomic mass is 16.5. The van der Waals surface area contributed by atoms with Gasteiger partial charge in [-0.15, -0.1) is 0 Å². The van der Waals surface area contributed by atoms with Gasteiger partial charge in [0.05, 0.1) is 12.2 Å². The van der Waals surface area contributed by atoms with Crippen molar-refractivity contribution in [1.82, 2.24) is 5.32 Å². The van der Waals surface area contributed by atoms with E-state index in [1.807, 2.05) is 6.07 Å². The summed E-state index contributed by atoms with van der Waals surface area (Å²) in [6.07, 6.45) is 0. The van der Waals surface area contributed by atoms with Crippen molar-refractivity contribution in [3.8, 4) is 11.1 Å². The number of hydrogen-bond acceptors (Lipinski definition) is 3. The van der Waals surface area contributed by atoms with Crippen LogP contribution in [0.1, 0.15) is 6.92 Å². The Balaban J connectivity index is 1.48. The monoisotopic (exact) mass is 282 g/mol. The molecule has 1 saturated heterocycles. The fourth-order valence-corrected chi connectivity index (χ4v) is 2.48. The minimum Gasteiger partial charge on any atom is -0.383 e. The molecule has 0 aliphatic carbocycles. The quantitative estimate of drug-likeness (QED) is 0.799. The highest BCUT2D eigenvalue weighted by Gasteiger charge is 2.31. The lowest BCUT2D eigenvalue weighted by Gasteiger charge is -2.39. The van der Waals surface area contributed by atoms with E-state index < -0.39 is 0 Å². The molecule has 2 N–H and O–H groups in total. The summed E-state index contributed by atoms with van der Waals surface area (Å²) in [7, 11) is 0. The molecule has 21 heavy (non-hydrogen) atoms. The van der Waals surface area contributed by atoms with Crippen LogP contribution in [0.4, 0.5) is 5.69 Å². The van der Waals surface area contributed by atoms with Crippen LogP contribution in [-0.2, 0) is 4.74 Å². The minimum atomic E-state index is 0.0405. The molecule has 0 radical (unpaired) electrons. The van der Waals surface area contributed by atoms with E-state index in [0.29, 0.717) is 0 Å². The summed E-state index contributed by atoms with van der Waals surface area (Å²) in [6.45, 7) is 5.63. The van der Waals surface area contributed by atoms with Gasteiger partial charge in [-0.3, -0.25) is 0 Å². The average molecular weight is 282 g/mol. The van der Waals surface area contributed by atoms with Gasteiger partial charge in [-0.25, -0.2) is 0 Å². The van der Waals surface area contributed by atoms with Crippen molar-refractivity contribution < 1.29 is 4.74 Å². The van der Waals surface area contributed by atoms with Gasteiger partial charge in [-0.05, 0) is 30.2 Å². The lowest BCUT2D eigenvalue weighted by molar-refractivity contribution is -0.0620. The molecule has 0 bridgehead atoms. The molecule has 0 spiro atoms. The molecule has 3 heteroatoms. The van der Waals surface area contributed by atoms with Gasteiger partial charge in [-0.1, -0.05) is 42.5 Å². The van der Waals surface area contributed by atoms with Gasteiger partial charge in [-0.2, -0.15) is 0 Å². The Morgan fingerprint density at radius 1 is 1.00 bits per heavy atom. The summed E-state index contributed by atoms with van der Waals surface area (Å²) in [4.78, 5) is 0. The third-order valence-electron chi connectivity index (χ3n) is 3.87. The normalized spacial score (nSPS) is 16.2. The first-order valence-electron chi connectivity index (χ1n) is 7.49. The summed E-state index contributed by atoms with van der Waals surface area (Å²) < 4.78 is 5.86. The summed E-state index contributed by atoms with van der Waals surface area (Å²) in [5.74, 6) is 0. The van der Waals surface area contributed by atoms with E-state index >= 15 is 0 Å². The Labute approximate surface area is 126 Å². The molecule has 0 saturated carbocycles. The molecule has 3 rings (SSSR count). The zero-order valence-corrected chi connectivity index (χ0v) is 12.4. The largest absolute Gasteiger partial charge is 0.383 e. The fourth-order valence-electron chi connectivity index (χ4n) is 2.48. The maximum atomic E-state index is 5.86. The van der Waals surface area contributed by atoms with E-state index in [2.05, 4.69) is 66.1 Å². The number of ether oxygens (including phenoxy) is 1. The molecule has 3 nitrogen and oxygen atoms in total. The van der Waals surface area contributed by atoms with Gasteiger partial charge in [0.1, 0.15) is 0 Å². The van der Waals surface area contributed by atoms with E-state index in [1.54, 1.807) is 0 Å². The number of benzene rings is 2. The van der Waals surface area contributed by atoms with Gasteiger partial charge in [0.15, 0.2) is 0 Å². The van der Waals surface area contributed by atoms with Gasteiger partial charge in [0.2, 0.25) is 0 Å². The number of anilines is 1. The van der Waals surface area contributed by atoms with Gasteiger partial charge in [0.25, 0.3) is 0 Å². The molecule has 1 fully saturated rings. The van der Waals surface area contributed by atoms with E-state index in [1.165, 1.54) is 11.1 Å². The number of hydrogen-bond donors (Lipinski definition) is 2. The Bertz CT molecular complexity index is 562. The second-order valence-corrected chi connectivity index (χ2v) is 5.77. The van der Waals surface area contributed by atoms with E-state index in [9.17, 15) is 0 Å². The molecule has 1 aliphatic rings. The molecule has 1 heterocycles. The predicted octanol–water partition coefficient (Wildman–Crippen LogP) is 3.14. The number of nitrogens with one attached hydrogen (secondary N) is 2. The van der Waals surface area contributed by atoms with Crippen molar-refractivity contribution in [2.45, 2.75) is 12.5 Å². The van der Waals surface area contributed by atoms with Crippen molar-refractivity contribution in [3.63, 3.8) is 0 Å². The first kappa shape index (κ1) is 14.1. The minimum absolute atomic E-state index is 0.0405. The molecular weight excluding hydrogens is 260 g/mol. The Hall–Kier alpha value is -1.84. The van der Waals surface area contributed by atoms with Crippen LogP contribution in [0, 0.1) is 0 Å². The van der Waals surface area contributed by atoms with Crippen molar-refractivity contribution in [1.29, 1.82) is 0 Å². The van der Waals surface area contributed by atoms with Crippen LogP contribution < -0.4 is 10.6 Å². The summed E-state index contributed by atoms with van der Waals surface area (Å²) in [5.41, 5.74) is 3.66. The van der Waals surface area contributed by atoms with Crippen LogP contribution >= 0.6 is 0 Å². The van der Waals surface area contributed by atoms with Gasteiger partial charge < -0.3 is 15.4 Å². The van der Waals surface area contributed by atoms with Crippen molar-refractivity contribution in [3.05, 3.63) is 54.6 Å². The van der Waals surface area contributed by atoms with Crippen molar-refractivity contribution in [2.75, 3.05) is 31.6 Å². The second kappa shape index (κ2) is 6.29. The first-order chi connectivity index (χ1) is 10.3. The third-order valence-corrected chi connectivity index (χ3v) is 3.87. The number of rotatable bonds is 6. The Morgan fingerprint density at radius 2 is 1.67 bits per heavy atom. The second-order valence-electron chi connectivity index (χ2n) is 5.77. The summed E-state index contributed by atoms with van der Waals surface area (Å²) in [6, 6.07) is 19.0. The fraction of sp³-hybridized carbons (Fsp3) is 0.333. The van der Waals surface area contributed by atoms with E-state index in [4.69, 9.17) is 4.74 Å². The molecule has 0 unspecified atom stereocenters. The average Bonchev–Trinajstić information content (AvgIpc) is 2.51. The van der Waals surface area contributed by atoms with Crippen LogP contribution in [0.2, 0.25) is 0 Å². The SMILES string of the molecule is CC1(OCCNc2ccc(-c3ccccc3)cc2)CNC1. The summed E-state index contributed by atoms with van der Waals surface area (Å²) in [5, 5.41) is 6.64. The molecule has 110 valence electrons. The Morgan fingerprint density at radius 3 is 2.29 bits per heavy atom. The molecule has 0 amide bonds. The van der Waals surface area contributed by atoms with Crippen molar-refractivity contribution >= 4 is 5.69 Å². The zero-order chi connectivity index (χ0) is 14.5. The van der Waals surface area contributed by atoms with Crippen LogP contribution in [0.15, 0.2) is 54.6 Å². The summed E-state index contributed by atoms with van der Waals surface area (Å²) >= 11 is 0. The molecule has 1 aliphatic heterocycles. The Kier molecular flexibility index (Phi) is 4.23. The third kappa shape index (κ3) is 3.63. The van der Waals surface area contributed by atoms with Gasteiger partial charge >= 0.3 is 0 Å². The van der Waals surface area contributed by atoms with Gasteiger partial charge in [0, 0.05) is 25.3 Å². The lowest BCUT2D eigenvalue weighted by Crippen LogP contribution is -2.59. The van der Waals surface area contributed by atoms with Crippen LogP contribution in [0.3, 0.4) is 0 Å². The highest BCUT2D eigenvalue weighted by molar-refractivity contribution is 5.65. The molecule has 0 atom stereocenters. The lowest BCUT2D eigenvalue weighted by atomic mass is 10.0. The predicted molar refractivity (Wildman–Crippen MR) is 87.6 cm³/mol. The molecule has 2 aromatic rings. The zero-order valence-electron chi connectivity index (χ0n) is 12.4. The maximum absolute atomic E-state index is 5.86. The smallest absolute Gasteiger partial charge is 0.0902 e. The topological polar surface area (TPSA) is 33.3 Å².